The Kier molecular flexibility index (Phi) is 4.71. The molecule has 2 N–H and O–H groups in total. The Morgan fingerprint density at radius 2 is 2.06 bits per heavy atom. The van der Waals surface area contributed by atoms with E-state index in [2.05, 4.69) is 5.32 Å². The average Bonchev–Trinajstić information content (AvgIpc) is 2.27. The van der Waals surface area contributed by atoms with Gasteiger partial charge in [-0.25, -0.2) is 0 Å². The molecule has 0 saturated carbocycles. The van der Waals surface area contributed by atoms with Crippen molar-refractivity contribution in [3.8, 4) is 5.75 Å². The summed E-state index contributed by atoms with van der Waals surface area (Å²) in [5.41, 5.74) is 0.706. The molecule has 1 atom stereocenters. The van der Waals surface area contributed by atoms with Crippen LogP contribution in [0.1, 0.15) is 12.5 Å². The molecular weight excluding hydrogens is 232 g/mol. The fourth-order valence-electron chi connectivity index (χ4n) is 1.59. The van der Waals surface area contributed by atoms with E-state index >= 15 is 0 Å². The minimum absolute atomic E-state index is 0.123. The molecule has 5 nitrogen and oxygen atoms in total. The summed E-state index contributed by atoms with van der Waals surface area (Å²) < 4.78 is 0. The van der Waals surface area contributed by atoms with Crippen molar-refractivity contribution in [3.05, 3.63) is 29.8 Å². The SMILES string of the molecule is CC(NC(=O)Cc1cccc(O)c1)C(=O)N(C)C. The van der Waals surface area contributed by atoms with Crippen LogP contribution in [0.4, 0.5) is 0 Å². The first-order chi connectivity index (χ1) is 8.40. The normalized spacial score (nSPS) is 11.7. The van der Waals surface area contributed by atoms with Crippen LogP contribution >= 0.6 is 0 Å². The van der Waals surface area contributed by atoms with E-state index in [1.54, 1.807) is 39.2 Å². The number of carbonyl (C=O) groups excluding carboxylic acids is 2. The fraction of sp³-hybridized carbons (Fsp3) is 0.385. The first kappa shape index (κ1) is 14.0. The minimum atomic E-state index is -0.551. The molecule has 1 unspecified atom stereocenters. The van der Waals surface area contributed by atoms with Gasteiger partial charge in [-0.3, -0.25) is 9.59 Å². The molecule has 0 aliphatic rings. The van der Waals surface area contributed by atoms with Crippen LogP contribution in [0.2, 0.25) is 0 Å². The first-order valence-corrected chi connectivity index (χ1v) is 5.68. The number of nitrogens with zero attached hydrogens (tertiary/aromatic N) is 1. The molecular formula is C13H18N2O3. The van der Waals surface area contributed by atoms with Gasteiger partial charge in [0.05, 0.1) is 6.42 Å². The quantitative estimate of drug-likeness (QED) is 0.819. The highest BCUT2D eigenvalue weighted by Gasteiger charge is 2.17. The monoisotopic (exact) mass is 250 g/mol. The Hall–Kier alpha value is -2.04. The average molecular weight is 250 g/mol. The minimum Gasteiger partial charge on any atom is -0.508 e. The third-order valence-electron chi connectivity index (χ3n) is 2.46. The van der Waals surface area contributed by atoms with Crippen LogP contribution in [0, 0.1) is 0 Å². The summed E-state index contributed by atoms with van der Waals surface area (Å²) >= 11 is 0. The van der Waals surface area contributed by atoms with E-state index < -0.39 is 6.04 Å². The molecule has 2 amide bonds. The predicted octanol–water partition coefficient (Wildman–Crippen LogP) is 0.528. The van der Waals surface area contributed by atoms with Gasteiger partial charge in [0.1, 0.15) is 11.8 Å². The summed E-state index contributed by atoms with van der Waals surface area (Å²) in [6.45, 7) is 1.64. The van der Waals surface area contributed by atoms with Crippen molar-refractivity contribution < 1.29 is 14.7 Å². The van der Waals surface area contributed by atoms with Crippen molar-refractivity contribution in [3.63, 3.8) is 0 Å². The highest BCUT2D eigenvalue weighted by atomic mass is 16.3. The number of hydrogen-bond donors (Lipinski definition) is 2. The third-order valence-corrected chi connectivity index (χ3v) is 2.46. The molecule has 18 heavy (non-hydrogen) atoms. The molecule has 0 radical (unpaired) electrons. The molecule has 0 aromatic heterocycles. The molecule has 1 aromatic carbocycles. The maximum Gasteiger partial charge on any atom is 0.244 e. The number of amides is 2. The molecule has 0 heterocycles. The van der Waals surface area contributed by atoms with Crippen molar-refractivity contribution in [2.24, 2.45) is 0 Å². The fourth-order valence-corrected chi connectivity index (χ4v) is 1.59. The molecule has 0 saturated heterocycles. The first-order valence-electron chi connectivity index (χ1n) is 5.68. The van der Waals surface area contributed by atoms with Crippen LogP contribution in [-0.4, -0.2) is 42.0 Å². The van der Waals surface area contributed by atoms with Gasteiger partial charge in [0, 0.05) is 14.1 Å². The van der Waals surface area contributed by atoms with Gasteiger partial charge in [0.15, 0.2) is 0 Å². The molecule has 0 aliphatic carbocycles. The highest BCUT2D eigenvalue weighted by molar-refractivity contribution is 5.87. The van der Waals surface area contributed by atoms with Crippen LogP contribution in [0.5, 0.6) is 5.75 Å². The molecule has 1 rings (SSSR count). The molecule has 0 bridgehead atoms. The summed E-state index contributed by atoms with van der Waals surface area (Å²) in [6, 6.07) is 5.94. The van der Waals surface area contributed by atoms with Gasteiger partial charge in [-0.1, -0.05) is 12.1 Å². The lowest BCUT2D eigenvalue weighted by molar-refractivity contribution is -0.133. The molecule has 5 heteroatoms. The van der Waals surface area contributed by atoms with E-state index in [1.165, 1.54) is 11.0 Å². The number of rotatable bonds is 4. The topological polar surface area (TPSA) is 69.6 Å². The Labute approximate surface area is 106 Å². The number of phenolic OH excluding ortho intramolecular Hbond substituents is 1. The number of phenols is 1. The second-order valence-electron chi connectivity index (χ2n) is 4.37. The highest BCUT2D eigenvalue weighted by Crippen LogP contribution is 2.11. The van der Waals surface area contributed by atoms with Crippen molar-refractivity contribution in [1.82, 2.24) is 10.2 Å². The van der Waals surface area contributed by atoms with E-state index in [-0.39, 0.29) is 24.0 Å². The van der Waals surface area contributed by atoms with E-state index in [9.17, 15) is 14.7 Å². The molecule has 1 aromatic rings. The van der Waals surface area contributed by atoms with Crippen LogP contribution in [0.3, 0.4) is 0 Å². The largest absolute Gasteiger partial charge is 0.508 e. The van der Waals surface area contributed by atoms with E-state index in [4.69, 9.17) is 0 Å². The van der Waals surface area contributed by atoms with Gasteiger partial charge in [0.2, 0.25) is 11.8 Å². The van der Waals surface area contributed by atoms with E-state index in [1.807, 2.05) is 0 Å². The van der Waals surface area contributed by atoms with Crippen LogP contribution in [0.25, 0.3) is 0 Å². The van der Waals surface area contributed by atoms with Crippen molar-refractivity contribution in [2.45, 2.75) is 19.4 Å². The zero-order chi connectivity index (χ0) is 13.7. The summed E-state index contributed by atoms with van der Waals surface area (Å²) in [5.74, 6) is -0.278. The van der Waals surface area contributed by atoms with Gasteiger partial charge in [-0.05, 0) is 24.6 Å². The Morgan fingerprint density at radius 3 is 2.61 bits per heavy atom. The van der Waals surface area contributed by atoms with Gasteiger partial charge < -0.3 is 15.3 Å². The van der Waals surface area contributed by atoms with Gasteiger partial charge in [-0.2, -0.15) is 0 Å². The van der Waals surface area contributed by atoms with E-state index in [0.717, 1.165) is 0 Å². The smallest absolute Gasteiger partial charge is 0.244 e. The second-order valence-corrected chi connectivity index (χ2v) is 4.37. The van der Waals surface area contributed by atoms with Gasteiger partial charge >= 0.3 is 0 Å². The third kappa shape index (κ3) is 4.08. The predicted molar refractivity (Wildman–Crippen MR) is 68.1 cm³/mol. The number of hydrogen-bond acceptors (Lipinski definition) is 3. The van der Waals surface area contributed by atoms with Crippen LogP contribution in [0.15, 0.2) is 24.3 Å². The van der Waals surface area contributed by atoms with Gasteiger partial charge in [0.25, 0.3) is 0 Å². The molecule has 0 fully saturated rings. The lowest BCUT2D eigenvalue weighted by Crippen LogP contribution is -2.44. The number of benzene rings is 1. The second kappa shape index (κ2) is 6.05. The zero-order valence-electron chi connectivity index (χ0n) is 10.8. The number of likely N-dealkylation sites (N-methyl/N-ethyl adjacent to an activating group) is 1. The Morgan fingerprint density at radius 1 is 1.39 bits per heavy atom. The summed E-state index contributed by atoms with van der Waals surface area (Å²) in [4.78, 5) is 24.7. The van der Waals surface area contributed by atoms with E-state index in [0.29, 0.717) is 5.56 Å². The summed E-state index contributed by atoms with van der Waals surface area (Å²) in [5, 5.41) is 11.9. The lowest BCUT2D eigenvalue weighted by Gasteiger charge is -2.17. The lowest BCUT2D eigenvalue weighted by atomic mass is 10.1. The Bertz CT molecular complexity index is 444. The van der Waals surface area contributed by atoms with Crippen LogP contribution < -0.4 is 5.32 Å². The summed E-state index contributed by atoms with van der Waals surface area (Å²) in [6.07, 6.45) is 0.138. The number of nitrogens with one attached hydrogen (secondary N) is 1. The number of carbonyl (C=O) groups is 2. The maximum absolute atomic E-state index is 11.7. The zero-order valence-corrected chi connectivity index (χ0v) is 10.8. The molecule has 0 spiro atoms. The van der Waals surface area contributed by atoms with Crippen molar-refractivity contribution >= 4 is 11.8 Å². The molecule has 0 aliphatic heterocycles. The Balaban J connectivity index is 2.54. The maximum atomic E-state index is 11.7. The summed E-state index contributed by atoms with van der Waals surface area (Å²) in [7, 11) is 3.28. The van der Waals surface area contributed by atoms with Crippen molar-refractivity contribution in [2.75, 3.05) is 14.1 Å². The number of aromatic hydroxyl groups is 1. The van der Waals surface area contributed by atoms with Gasteiger partial charge in [-0.15, -0.1) is 0 Å². The standard InChI is InChI=1S/C13H18N2O3/c1-9(13(18)15(2)3)14-12(17)8-10-5-4-6-11(16)7-10/h4-7,9,16H,8H2,1-3H3,(H,14,17). The van der Waals surface area contributed by atoms with Crippen LogP contribution in [-0.2, 0) is 16.0 Å². The molecule has 98 valence electrons. The van der Waals surface area contributed by atoms with Crippen molar-refractivity contribution in [1.29, 1.82) is 0 Å².